The molecule has 0 fully saturated rings. The maximum Gasteiger partial charge on any atom is 0.260 e. The lowest BCUT2D eigenvalue weighted by atomic mass is 10.0. The van der Waals surface area contributed by atoms with Gasteiger partial charge in [-0.05, 0) is 42.2 Å². The molecule has 0 radical (unpaired) electrons. The van der Waals surface area contributed by atoms with Gasteiger partial charge in [0.1, 0.15) is 5.82 Å². The Morgan fingerprint density at radius 2 is 2.03 bits per heavy atom. The fraction of sp³-hybridized carbons (Fsp3) is 0.318. The van der Waals surface area contributed by atoms with E-state index in [4.69, 9.17) is 9.47 Å². The standard InChI is InChI=1S/C22H22BrFN2O3/c1-28-20-10-18-19(11-21(20)29-8-2-7-23)25-12-17-9-15(13-26(17)22(18)27)14-3-5-16(24)6-4-14/h3-6,10-11,13,17,25H,2,7-9,12H2,1H3/t17-/m0/s1. The molecule has 0 saturated carbocycles. The van der Waals surface area contributed by atoms with E-state index in [0.29, 0.717) is 36.6 Å². The zero-order chi connectivity index (χ0) is 20.4. The Hall–Kier alpha value is -2.54. The third kappa shape index (κ3) is 3.96. The summed E-state index contributed by atoms with van der Waals surface area (Å²) in [5, 5.41) is 4.25. The third-order valence-electron chi connectivity index (χ3n) is 5.19. The van der Waals surface area contributed by atoms with Crippen LogP contribution in [0.5, 0.6) is 11.5 Å². The van der Waals surface area contributed by atoms with Gasteiger partial charge in [-0.25, -0.2) is 4.39 Å². The van der Waals surface area contributed by atoms with Gasteiger partial charge < -0.3 is 19.7 Å². The molecule has 29 heavy (non-hydrogen) atoms. The first kappa shape index (κ1) is 19.8. The molecule has 0 bridgehead atoms. The largest absolute Gasteiger partial charge is 0.493 e. The summed E-state index contributed by atoms with van der Waals surface area (Å²) in [6.07, 6.45) is 3.47. The minimum absolute atomic E-state index is 0.00119. The van der Waals surface area contributed by atoms with Crippen LogP contribution in [-0.2, 0) is 0 Å². The van der Waals surface area contributed by atoms with Crippen molar-refractivity contribution in [1.82, 2.24) is 4.90 Å². The number of methoxy groups -OCH3 is 1. The van der Waals surface area contributed by atoms with Crippen LogP contribution in [0.2, 0.25) is 0 Å². The molecule has 7 heteroatoms. The molecular weight excluding hydrogens is 439 g/mol. The van der Waals surface area contributed by atoms with Gasteiger partial charge in [0.05, 0.1) is 31.0 Å². The number of nitrogens with zero attached hydrogens (tertiary/aromatic N) is 1. The second kappa shape index (κ2) is 8.45. The fourth-order valence-corrected chi connectivity index (χ4v) is 3.92. The molecule has 0 aromatic heterocycles. The van der Waals surface area contributed by atoms with Crippen LogP contribution >= 0.6 is 15.9 Å². The molecule has 2 aromatic rings. The minimum atomic E-state index is -0.269. The normalized spacial score (nSPS) is 17.8. The minimum Gasteiger partial charge on any atom is -0.493 e. The molecule has 2 heterocycles. The molecule has 2 aromatic carbocycles. The molecule has 0 saturated heterocycles. The van der Waals surface area contributed by atoms with Gasteiger partial charge in [0.2, 0.25) is 0 Å². The highest BCUT2D eigenvalue weighted by atomic mass is 79.9. The van der Waals surface area contributed by atoms with Gasteiger partial charge >= 0.3 is 0 Å². The van der Waals surface area contributed by atoms with Gasteiger partial charge in [-0.1, -0.05) is 28.1 Å². The molecule has 1 atom stereocenters. The topological polar surface area (TPSA) is 50.8 Å². The number of halogens is 2. The predicted molar refractivity (Wildman–Crippen MR) is 114 cm³/mol. The monoisotopic (exact) mass is 460 g/mol. The van der Waals surface area contributed by atoms with E-state index in [-0.39, 0.29) is 17.8 Å². The Labute approximate surface area is 177 Å². The number of hydrogen-bond donors (Lipinski definition) is 1. The average molecular weight is 461 g/mol. The van der Waals surface area contributed by atoms with Crippen LogP contribution in [0, 0.1) is 5.82 Å². The predicted octanol–water partition coefficient (Wildman–Crippen LogP) is 4.68. The maximum absolute atomic E-state index is 13.3. The van der Waals surface area contributed by atoms with Crippen molar-refractivity contribution in [2.75, 3.05) is 30.9 Å². The van der Waals surface area contributed by atoms with E-state index in [1.54, 1.807) is 30.2 Å². The summed E-state index contributed by atoms with van der Waals surface area (Å²) >= 11 is 3.39. The number of anilines is 1. The van der Waals surface area contributed by atoms with E-state index in [9.17, 15) is 9.18 Å². The fourth-order valence-electron chi connectivity index (χ4n) is 3.69. The summed E-state index contributed by atoms with van der Waals surface area (Å²) in [6.45, 7) is 1.18. The highest BCUT2D eigenvalue weighted by molar-refractivity contribution is 9.09. The summed E-state index contributed by atoms with van der Waals surface area (Å²) in [5.74, 6) is 0.804. The molecule has 2 aliphatic rings. The SMILES string of the molecule is COc1cc2c(cc1OCCCBr)NC[C@@H]1CC(c3ccc(F)cc3)=CN1C2=O. The number of ether oxygens (including phenoxy) is 2. The Bertz CT molecular complexity index is 946. The Morgan fingerprint density at radius 3 is 2.76 bits per heavy atom. The number of rotatable bonds is 6. The van der Waals surface area contributed by atoms with E-state index >= 15 is 0 Å². The Kier molecular flexibility index (Phi) is 5.76. The van der Waals surface area contributed by atoms with Crippen molar-refractivity contribution in [1.29, 1.82) is 0 Å². The van der Waals surface area contributed by atoms with Crippen LogP contribution < -0.4 is 14.8 Å². The lowest BCUT2D eigenvalue weighted by Gasteiger charge is -2.20. The molecule has 0 unspecified atom stereocenters. The molecule has 0 spiro atoms. The Balaban J connectivity index is 1.63. The van der Waals surface area contributed by atoms with Crippen LogP contribution in [0.1, 0.15) is 28.8 Å². The molecule has 152 valence electrons. The molecule has 1 amide bonds. The zero-order valence-corrected chi connectivity index (χ0v) is 17.7. The first-order valence-electron chi connectivity index (χ1n) is 9.54. The lowest BCUT2D eigenvalue weighted by molar-refractivity contribution is 0.0796. The zero-order valence-electron chi connectivity index (χ0n) is 16.1. The van der Waals surface area contributed by atoms with E-state index in [1.807, 2.05) is 12.3 Å². The summed E-state index contributed by atoms with van der Waals surface area (Å²) in [4.78, 5) is 15.0. The van der Waals surface area contributed by atoms with Gasteiger partial charge in [0.25, 0.3) is 5.91 Å². The van der Waals surface area contributed by atoms with Crippen molar-refractivity contribution >= 4 is 33.1 Å². The van der Waals surface area contributed by atoms with Crippen LogP contribution in [0.4, 0.5) is 10.1 Å². The average Bonchev–Trinajstić information content (AvgIpc) is 3.11. The first-order chi connectivity index (χ1) is 14.1. The van der Waals surface area contributed by atoms with Crippen LogP contribution in [0.3, 0.4) is 0 Å². The molecule has 4 rings (SSSR count). The number of benzene rings is 2. The number of carbonyl (C=O) groups is 1. The summed E-state index contributed by atoms with van der Waals surface area (Å²) in [5.41, 5.74) is 3.25. The van der Waals surface area contributed by atoms with Gasteiger partial charge in [-0.2, -0.15) is 0 Å². The molecule has 5 nitrogen and oxygen atoms in total. The maximum atomic E-state index is 13.3. The van der Waals surface area contributed by atoms with Crippen molar-refractivity contribution in [2.45, 2.75) is 18.9 Å². The number of alkyl halides is 1. The molecule has 2 aliphatic heterocycles. The van der Waals surface area contributed by atoms with Crippen molar-refractivity contribution < 1.29 is 18.7 Å². The number of nitrogens with one attached hydrogen (secondary N) is 1. The first-order valence-corrected chi connectivity index (χ1v) is 10.7. The van der Waals surface area contributed by atoms with Gasteiger partial charge in [-0.15, -0.1) is 0 Å². The van der Waals surface area contributed by atoms with Crippen LogP contribution in [-0.4, -0.2) is 42.4 Å². The van der Waals surface area contributed by atoms with Gasteiger partial charge in [0, 0.05) is 24.1 Å². The number of fused-ring (bicyclic) bond motifs is 2. The van der Waals surface area contributed by atoms with Crippen molar-refractivity contribution in [3.63, 3.8) is 0 Å². The molecule has 0 aliphatic carbocycles. The van der Waals surface area contributed by atoms with Crippen molar-refractivity contribution in [3.05, 3.63) is 59.5 Å². The summed E-state index contributed by atoms with van der Waals surface area (Å²) < 4.78 is 24.5. The number of carbonyl (C=O) groups excluding carboxylic acids is 1. The summed E-state index contributed by atoms with van der Waals surface area (Å²) in [7, 11) is 1.57. The van der Waals surface area contributed by atoms with Crippen molar-refractivity contribution in [2.24, 2.45) is 0 Å². The highest BCUT2D eigenvalue weighted by Crippen LogP contribution is 2.39. The Morgan fingerprint density at radius 1 is 1.24 bits per heavy atom. The third-order valence-corrected chi connectivity index (χ3v) is 5.75. The smallest absolute Gasteiger partial charge is 0.260 e. The highest BCUT2D eigenvalue weighted by Gasteiger charge is 2.34. The van der Waals surface area contributed by atoms with E-state index in [2.05, 4.69) is 21.2 Å². The summed E-state index contributed by atoms with van der Waals surface area (Å²) in [6, 6.07) is 9.96. The van der Waals surface area contributed by atoms with Crippen LogP contribution in [0.25, 0.3) is 5.57 Å². The van der Waals surface area contributed by atoms with Crippen LogP contribution in [0.15, 0.2) is 42.6 Å². The number of hydrogen-bond acceptors (Lipinski definition) is 4. The quantitative estimate of drug-likeness (QED) is 0.502. The molecule has 1 N–H and O–H groups in total. The second-order valence-electron chi connectivity index (χ2n) is 7.05. The number of amides is 1. The molecular formula is C22H22BrFN2O3. The van der Waals surface area contributed by atoms with E-state index in [0.717, 1.165) is 28.6 Å². The van der Waals surface area contributed by atoms with E-state index in [1.165, 1.54) is 12.1 Å². The second-order valence-corrected chi connectivity index (χ2v) is 7.85. The lowest BCUT2D eigenvalue weighted by Crippen LogP contribution is -2.34. The van der Waals surface area contributed by atoms with Gasteiger partial charge in [0.15, 0.2) is 11.5 Å². The van der Waals surface area contributed by atoms with Gasteiger partial charge in [-0.3, -0.25) is 4.79 Å². The van der Waals surface area contributed by atoms with Crippen molar-refractivity contribution in [3.8, 4) is 11.5 Å². The van der Waals surface area contributed by atoms with E-state index < -0.39 is 0 Å².